The summed E-state index contributed by atoms with van der Waals surface area (Å²) in [6.45, 7) is 12.1. The van der Waals surface area contributed by atoms with E-state index < -0.39 is 0 Å². The molecule has 0 radical (unpaired) electrons. The summed E-state index contributed by atoms with van der Waals surface area (Å²) in [5.74, 6) is 1.37. The molecule has 1 aromatic heterocycles. The fourth-order valence-electron chi connectivity index (χ4n) is 2.97. The predicted molar refractivity (Wildman–Crippen MR) is 81.9 cm³/mol. The van der Waals surface area contributed by atoms with Crippen molar-refractivity contribution in [3.8, 4) is 5.88 Å². The van der Waals surface area contributed by atoms with Gasteiger partial charge in [-0.25, -0.2) is 4.98 Å². The first-order chi connectivity index (χ1) is 9.43. The van der Waals surface area contributed by atoms with Gasteiger partial charge in [-0.05, 0) is 25.8 Å². The van der Waals surface area contributed by atoms with E-state index in [1.807, 2.05) is 6.07 Å². The molecule has 1 saturated heterocycles. The zero-order valence-corrected chi connectivity index (χ0v) is 13.3. The second kappa shape index (κ2) is 6.10. The average molecular weight is 277 g/mol. The molecule has 20 heavy (non-hydrogen) atoms. The van der Waals surface area contributed by atoms with Crippen LogP contribution in [0, 0.1) is 5.92 Å². The molecule has 0 saturated carbocycles. The summed E-state index contributed by atoms with van der Waals surface area (Å²) < 4.78 is 5.38. The highest BCUT2D eigenvalue weighted by molar-refractivity contribution is 5.25. The maximum absolute atomic E-state index is 5.38. The number of nitrogens with zero attached hydrogens (tertiary/aromatic N) is 2. The van der Waals surface area contributed by atoms with E-state index in [1.165, 1.54) is 5.56 Å². The number of nitrogens with one attached hydrogen (secondary N) is 1. The quantitative estimate of drug-likeness (QED) is 0.916. The third-order valence-corrected chi connectivity index (χ3v) is 4.04. The highest BCUT2D eigenvalue weighted by Crippen LogP contribution is 2.24. The smallest absolute Gasteiger partial charge is 0.217 e. The molecule has 0 aromatic carbocycles. The van der Waals surface area contributed by atoms with Crippen molar-refractivity contribution in [2.24, 2.45) is 5.92 Å². The van der Waals surface area contributed by atoms with Gasteiger partial charge in [-0.15, -0.1) is 0 Å². The monoisotopic (exact) mass is 277 g/mol. The van der Waals surface area contributed by atoms with Gasteiger partial charge in [0.25, 0.3) is 0 Å². The molecule has 112 valence electrons. The minimum Gasteiger partial charge on any atom is -0.481 e. The van der Waals surface area contributed by atoms with Crippen molar-refractivity contribution < 1.29 is 4.74 Å². The average Bonchev–Trinajstić information content (AvgIpc) is 2.38. The zero-order chi connectivity index (χ0) is 14.8. The lowest BCUT2D eigenvalue weighted by Crippen LogP contribution is -2.62. The van der Waals surface area contributed by atoms with Gasteiger partial charge in [-0.1, -0.05) is 19.9 Å². The Kier molecular flexibility index (Phi) is 4.66. The molecule has 1 unspecified atom stereocenters. The summed E-state index contributed by atoms with van der Waals surface area (Å²) in [5.41, 5.74) is 1.32. The van der Waals surface area contributed by atoms with Crippen LogP contribution in [0.3, 0.4) is 0 Å². The van der Waals surface area contributed by atoms with E-state index in [4.69, 9.17) is 4.74 Å². The van der Waals surface area contributed by atoms with Crippen molar-refractivity contribution in [1.82, 2.24) is 15.2 Å². The van der Waals surface area contributed by atoms with Gasteiger partial charge < -0.3 is 10.1 Å². The van der Waals surface area contributed by atoms with Crippen LogP contribution in [0.25, 0.3) is 0 Å². The Labute approximate surface area is 122 Å². The van der Waals surface area contributed by atoms with Crippen molar-refractivity contribution in [2.75, 3.05) is 20.2 Å². The predicted octanol–water partition coefficient (Wildman–Crippen LogP) is 2.30. The van der Waals surface area contributed by atoms with E-state index in [0.717, 1.165) is 25.5 Å². The Morgan fingerprint density at radius 3 is 2.90 bits per heavy atom. The van der Waals surface area contributed by atoms with Gasteiger partial charge in [-0.2, -0.15) is 0 Å². The van der Waals surface area contributed by atoms with Crippen LogP contribution in [-0.2, 0) is 6.54 Å². The number of hydrogen-bond donors (Lipinski definition) is 1. The van der Waals surface area contributed by atoms with Gasteiger partial charge in [0, 0.05) is 43.0 Å². The second-order valence-electron chi connectivity index (χ2n) is 6.65. The number of hydrogen-bond acceptors (Lipinski definition) is 4. The SMILES string of the molecule is COc1ncccc1CN1CC(C)(C)NCC1C(C)C. The molecule has 0 amide bonds. The maximum atomic E-state index is 5.38. The highest BCUT2D eigenvalue weighted by Gasteiger charge is 2.34. The molecule has 2 heterocycles. The summed E-state index contributed by atoms with van der Waals surface area (Å²) in [6.07, 6.45) is 1.78. The topological polar surface area (TPSA) is 37.4 Å². The van der Waals surface area contributed by atoms with Crippen LogP contribution >= 0.6 is 0 Å². The largest absolute Gasteiger partial charge is 0.481 e. The van der Waals surface area contributed by atoms with E-state index >= 15 is 0 Å². The Morgan fingerprint density at radius 2 is 2.25 bits per heavy atom. The first-order valence-electron chi connectivity index (χ1n) is 7.40. The van der Waals surface area contributed by atoms with Crippen LogP contribution in [-0.4, -0.2) is 41.7 Å². The van der Waals surface area contributed by atoms with Gasteiger partial charge in [0.1, 0.15) is 0 Å². The summed E-state index contributed by atoms with van der Waals surface area (Å²) in [7, 11) is 1.69. The number of pyridine rings is 1. The summed E-state index contributed by atoms with van der Waals surface area (Å²) in [4.78, 5) is 6.86. The van der Waals surface area contributed by atoms with E-state index in [0.29, 0.717) is 12.0 Å². The molecular weight excluding hydrogens is 250 g/mol. The normalized spacial score (nSPS) is 23.0. The van der Waals surface area contributed by atoms with Gasteiger partial charge in [0.2, 0.25) is 5.88 Å². The summed E-state index contributed by atoms with van der Waals surface area (Å²) in [6, 6.07) is 4.64. The van der Waals surface area contributed by atoms with Crippen LogP contribution in [0.15, 0.2) is 18.3 Å². The molecule has 4 nitrogen and oxygen atoms in total. The molecule has 1 aliphatic rings. The van der Waals surface area contributed by atoms with Crippen molar-refractivity contribution in [3.63, 3.8) is 0 Å². The Morgan fingerprint density at radius 1 is 1.50 bits per heavy atom. The van der Waals surface area contributed by atoms with Crippen LogP contribution in [0.4, 0.5) is 0 Å². The summed E-state index contributed by atoms with van der Waals surface area (Å²) >= 11 is 0. The van der Waals surface area contributed by atoms with Crippen molar-refractivity contribution in [3.05, 3.63) is 23.9 Å². The molecule has 1 aliphatic heterocycles. The fraction of sp³-hybridized carbons (Fsp3) is 0.688. The molecule has 1 N–H and O–H groups in total. The zero-order valence-electron chi connectivity index (χ0n) is 13.3. The fourth-order valence-corrected chi connectivity index (χ4v) is 2.97. The third-order valence-electron chi connectivity index (χ3n) is 4.04. The van der Waals surface area contributed by atoms with Crippen LogP contribution in [0.2, 0.25) is 0 Å². The van der Waals surface area contributed by atoms with Crippen molar-refractivity contribution in [2.45, 2.75) is 45.8 Å². The van der Waals surface area contributed by atoms with E-state index in [2.05, 4.69) is 49.0 Å². The Bertz CT molecular complexity index is 445. The molecular formula is C16H27N3O. The van der Waals surface area contributed by atoms with E-state index in [1.54, 1.807) is 13.3 Å². The standard InChI is InChI=1S/C16H27N3O/c1-12(2)14-9-18-16(3,4)11-19(14)10-13-7-6-8-17-15(13)20-5/h6-8,12,14,18H,9-11H2,1-5H3. The van der Waals surface area contributed by atoms with Crippen LogP contribution in [0.5, 0.6) is 5.88 Å². The van der Waals surface area contributed by atoms with E-state index in [-0.39, 0.29) is 5.54 Å². The van der Waals surface area contributed by atoms with Gasteiger partial charge >= 0.3 is 0 Å². The lowest BCUT2D eigenvalue weighted by Gasteiger charge is -2.46. The van der Waals surface area contributed by atoms with Crippen LogP contribution in [0.1, 0.15) is 33.3 Å². The third kappa shape index (κ3) is 3.49. The number of rotatable bonds is 4. The van der Waals surface area contributed by atoms with E-state index in [9.17, 15) is 0 Å². The first kappa shape index (κ1) is 15.3. The molecule has 1 atom stereocenters. The first-order valence-corrected chi connectivity index (χ1v) is 7.40. The van der Waals surface area contributed by atoms with Gasteiger partial charge in [0.05, 0.1) is 7.11 Å². The lowest BCUT2D eigenvalue weighted by molar-refractivity contribution is 0.0619. The molecule has 1 fully saturated rings. The number of piperazine rings is 1. The van der Waals surface area contributed by atoms with Gasteiger partial charge in [0.15, 0.2) is 0 Å². The minimum absolute atomic E-state index is 0.154. The van der Waals surface area contributed by atoms with Crippen LogP contribution < -0.4 is 10.1 Å². The highest BCUT2D eigenvalue weighted by atomic mass is 16.5. The molecule has 0 bridgehead atoms. The second-order valence-corrected chi connectivity index (χ2v) is 6.65. The van der Waals surface area contributed by atoms with Crippen molar-refractivity contribution >= 4 is 0 Å². The van der Waals surface area contributed by atoms with Gasteiger partial charge in [-0.3, -0.25) is 4.90 Å². The number of ether oxygens (including phenoxy) is 1. The Hall–Kier alpha value is -1.13. The molecule has 4 heteroatoms. The lowest BCUT2D eigenvalue weighted by atomic mass is 9.92. The molecule has 2 rings (SSSR count). The summed E-state index contributed by atoms with van der Waals surface area (Å²) in [5, 5.41) is 3.65. The maximum Gasteiger partial charge on any atom is 0.217 e. The molecule has 0 spiro atoms. The van der Waals surface area contributed by atoms with Crippen molar-refractivity contribution in [1.29, 1.82) is 0 Å². The minimum atomic E-state index is 0.154. The molecule has 0 aliphatic carbocycles. The Balaban J connectivity index is 2.18. The number of aromatic nitrogens is 1. The number of methoxy groups -OCH3 is 1. The molecule has 1 aromatic rings.